The van der Waals surface area contributed by atoms with Gasteiger partial charge in [0.25, 0.3) is 0 Å². The van der Waals surface area contributed by atoms with E-state index < -0.39 is 5.97 Å². The Labute approximate surface area is 207 Å². The fourth-order valence-corrected chi connectivity index (χ4v) is 5.65. The van der Waals surface area contributed by atoms with Gasteiger partial charge in [-0.3, -0.25) is 4.79 Å². The van der Waals surface area contributed by atoms with Crippen LogP contribution >= 0.6 is 23.1 Å². The maximum atomic E-state index is 12.7. The van der Waals surface area contributed by atoms with Gasteiger partial charge >= 0.3 is 5.97 Å². The molecule has 0 aliphatic heterocycles. The fraction of sp³-hybridized carbons (Fsp3) is 0.360. The first kappa shape index (κ1) is 24.2. The zero-order valence-electron chi connectivity index (χ0n) is 19.3. The first-order valence-electron chi connectivity index (χ1n) is 11.4. The smallest absolute Gasteiger partial charge is 0.341 e. The largest absolute Gasteiger partial charge is 0.462 e. The summed E-state index contributed by atoms with van der Waals surface area (Å²) in [5.74, 6) is 1.24. The molecule has 0 saturated heterocycles. The molecule has 2 atom stereocenters. The molecule has 1 N–H and O–H groups in total. The van der Waals surface area contributed by atoms with Crippen LogP contribution in [-0.4, -0.2) is 39.0 Å². The highest BCUT2D eigenvalue weighted by atomic mass is 32.2. The van der Waals surface area contributed by atoms with Gasteiger partial charge in [0.1, 0.15) is 10.8 Å². The van der Waals surface area contributed by atoms with Crippen molar-refractivity contribution in [2.24, 2.45) is 0 Å². The predicted octanol–water partition coefficient (Wildman–Crippen LogP) is 5.27. The van der Waals surface area contributed by atoms with Gasteiger partial charge < -0.3 is 14.6 Å². The Morgan fingerprint density at radius 1 is 1.26 bits per heavy atom. The third-order valence-corrected chi connectivity index (χ3v) is 7.78. The lowest BCUT2D eigenvalue weighted by Gasteiger charge is -2.08. The van der Waals surface area contributed by atoms with Crippen LogP contribution in [0.15, 0.2) is 54.2 Å². The van der Waals surface area contributed by atoms with Crippen LogP contribution in [0.5, 0.6) is 0 Å². The minimum Gasteiger partial charge on any atom is -0.462 e. The van der Waals surface area contributed by atoms with Crippen molar-refractivity contribution in [2.75, 3.05) is 17.7 Å². The zero-order valence-corrected chi connectivity index (χ0v) is 21.0. The number of nitrogens with one attached hydrogen (secondary N) is 1. The molecule has 178 valence electrons. The van der Waals surface area contributed by atoms with Crippen LogP contribution in [0.3, 0.4) is 0 Å². The molecule has 0 radical (unpaired) electrons. The number of aromatic nitrogens is 3. The van der Waals surface area contributed by atoms with Gasteiger partial charge in [-0.05, 0) is 37.3 Å². The van der Waals surface area contributed by atoms with Gasteiger partial charge in [0, 0.05) is 17.3 Å². The summed E-state index contributed by atoms with van der Waals surface area (Å²) in [6.07, 6.45) is 3.64. The number of hydrogen-bond acceptors (Lipinski definition) is 7. The molecule has 1 saturated carbocycles. The van der Waals surface area contributed by atoms with Crippen molar-refractivity contribution >= 4 is 40.0 Å². The number of nitrogens with zero attached hydrogens (tertiary/aromatic N) is 3. The van der Waals surface area contributed by atoms with E-state index in [2.05, 4.69) is 46.4 Å². The number of benzene rings is 1. The monoisotopic (exact) mass is 496 g/mol. The van der Waals surface area contributed by atoms with Gasteiger partial charge in [-0.25, -0.2) is 4.79 Å². The second kappa shape index (κ2) is 11.0. The summed E-state index contributed by atoms with van der Waals surface area (Å²) in [6, 6.07) is 12.2. The molecule has 0 bridgehead atoms. The van der Waals surface area contributed by atoms with E-state index in [-0.39, 0.29) is 18.3 Å². The molecule has 1 aromatic carbocycles. The van der Waals surface area contributed by atoms with Gasteiger partial charge in [-0.1, -0.05) is 55.1 Å². The topological polar surface area (TPSA) is 86.1 Å². The molecule has 1 aliphatic carbocycles. The average molecular weight is 497 g/mol. The minimum atomic E-state index is -0.422. The average Bonchev–Trinajstić information content (AvgIpc) is 3.37. The number of hydrogen-bond donors (Lipinski definition) is 1. The predicted molar refractivity (Wildman–Crippen MR) is 136 cm³/mol. The van der Waals surface area contributed by atoms with E-state index in [4.69, 9.17) is 4.74 Å². The van der Waals surface area contributed by atoms with E-state index in [0.29, 0.717) is 34.1 Å². The molecule has 1 aliphatic rings. The number of thiophene rings is 1. The Balaban J connectivity index is 1.42. The molecule has 7 nitrogen and oxygen atoms in total. The van der Waals surface area contributed by atoms with Gasteiger partial charge in [0.15, 0.2) is 5.16 Å². The normalized spacial score (nSPS) is 16.8. The van der Waals surface area contributed by atoms with Gasteiger partial charge in [-0.15, -0.1) is 28.1 Å². The van der Waals surface area contributed by atoms with Crippen molar-refractivity contribution in [1.29, 1.82) is 0 Å². The second-order valence-corrected chi connectivity index (χ2v) is 10.0. The summed E-state index contributed by atoms with van der Waals surface area (Å²) in [4.78, 5) is 26.0. The Bertz CT molecular complexity index is 1170. The molecular formula is C25H28N4O3S2. The molecule has 0 spiro atoms. The van der Waals surface area contributed by atoms with Gasteiger partial charge in [0.2, 0.25) is 5.91 Å². The number of rotatable bonds is 11. The van der Waals surface area contributed by atoms with Crippen LogP contribution in [0.4, 0.5) is 5.00 Å². The Morgan fingerprint density at radius 3 is 2.76 bits per heavy atom. The van der Waals surface area contributed by atoms with E-state index in [9.17, 15) is 9.59 Å². The van der Waals surface area contributed by atoms with Crippen LogP contribution in [0, 0.1) is 0 Å². The summed E-state index contributed by atoms with van der Waals surface area (Å²) in [7, 11) is 0. The first-order chi connectivity index (χ1) is 16.5. The number of carbonyl (C=O) groups is 2. The summed E-state index contributed by atoms with van der Waals surface area (Å²) < 4.78 is 7.18. The van der Waals surface area contributed by atoms with Crippen molar-refractivity contribution in [2.45, 2.75) is 50.2 Å². The van der Waals surface area contributed by atoms with E-state index in [1.54, 1.807) is 13.0 Å². The number of amides is 1. The first-order valence-corrected chi connectivity index (χ1v) is 13.2. The molecule has 3 aromatic rings. The summed E-state index contributed by atoms with van der Waals surface area (Å²) in [5, 5.41) is 12.9. The zero-order chi connectivity index (χ0) is 24.1. The number of carbonyl (C=O) groups excluding carboxylic acids is 2. The van der Waals surface area contributed by atoms with Crippen molar-refractivity contribution in [3.8, 4) is 0 Å². The Hall–Kier alpha value is -2.91. The van der Waals surface area contributed by atoms with Crippen LogP contribution in [-0.2, 0) is 22.5 Å². The lowest BCUT2D eigenvalue weighted by Crippen LogP contribution is -2.16. The molecule has 9 heteroatoms. The van der Waals surface area contributed by atoms with Gasteiger partial charge in [-0.2, -0.15) is 0 Å². The van der Waals surface area contributed by atoms with Crippen molar-refractivity contribution in [3.05, 3.63) is 70.9 Å². The lowest BCUT2D eigenvalue weighted by molar-refractivity contribution is -0.113. The Morgan fingerprint density at radius 2 is 2.06 bits per heavy atom. The van der Waals surface area contributed by atoms with Crippen molar-refractivity contribution < 1.29 is 14.3 Å². The van der Waals surface area contributed by atoms with Crippen molar-refractivity contribution in [3.63, 3.8) is 0 Å². The van der Waals surface area contributed by atoms with Gasteiger partial charge in [0.05, 0.1) is 17.9 Å². The third-order valence-electron chi connectivity index (χ3n) is 5.62. The van der Waals surface area contributed by atoms with E-state index >= 15 is 0 Å². The number of esters is 1. The van der Waals surface area contributed by atoms with E-state index in [0.717, 1.165) is 23.5 Å². The lowest BCUT2D eigenvalue weighted by atomic mass is 10.1. The quantitative estimate of drug-likeness (QED) is 0.221. The maximum Gasteiger partial charge on any atom is 0.341 e. The SMILES string of the molecule is C=CCn1c(SCC(=O)Nc2sc(CC)cc2C(=O)OCC)nnc1C1CC1c1ccccc1. The Kier molecular flexibility index (Phi) is 7.84. The fourth-order valence-electron chi connectivity index (χ4n) is 3.89. The molecule has 2 unspecified atom stereocenters. The standard InChI is InChI=1S/C25H28N4O3S2/c1-4-12-29-22(19-14-18(19)16-10-8-7-9-11-16)27-28-25(29)33-15-21(30)26-23-20(24(31)32-6-3)13-17(5-2)34-23/h4,7-11,13,18-19H,1,5-6,12,14-15H2,2-3H3,(H,26,30). The number of thioether (sulfide) groups is 1. The van der Waals surface area contributed by atoms with Crippen LogP contribution in [0.25, 0.3) is 0 Å². The molecule has 1 amide bonds. The van der Waals surface area contributed by atoms with Crippen LogP contribution < -0.4 is 5.32 Å². The number of anilines is 1. The van der Waals surface area contributed by atoms with Crippen LogP contribution in [0.2, 0.25) is 0 Å². The maximum absolute atomic E-state index is 12.7. The van der Waals surface area contributed by atoms with Crippen molar-refractivity contribution in [1.82, 2.24) is 14.8 Å². The van der Waals surface area contributed by atoms with Crippen LogP contribution in [0.1, 0.15) is 58.7 Å². The molecule has 1 fully saturated rings. The highest BCUT2D eigenvalue weighted by molar-refractivity contribution is 7.99. The summed E-state index contributed by atoms with van der Waals surface area (Å²) >= 11 is 2.73. The molecule has 4 rings (SSSR count). The highest BCUT2D eigenvalue weighted by Crippen LogP contribution is 2.54. The summed E-state index contributed by atoms with van der Waals surface area (Å²) in [6.45, 7) is 8.51. The molecular weight excluding hydrogens is 468 g/mol. The number of allylic oxidation sites excluding steroid dienone is 1. The molecule has 2 heterocycles. The second-order valence-electron chi connectivity index (χ2n) is 7.97. The van der Waals surface area contributed by atoms with E-state index in [1.165, 1.54) is 28.7 Å². The number of aryl methyl sites for hydroxylation is 1. The summed E-state index contributed by atoms with van der Waals surface area (Å²) in [5.41, 5.74) is 1.72. The minimum absolute atomic E-state index is 0.156. The molecule has 34 heavy (non-hydrogen) atoms. The highest BCUT2D eigenvalue weighted by Gasteiger charge is 2.43. The number of ether oxygens (including phenoxy) is 1. The third kappa shape index (κ3) is 5.42. The van der Waals surface area contributed by atoms with E-state index in [1.807, 2.05) is 23.6 Å². The molecule has 2 aromatic heterocycles.